The van der Waals surface area contributed by atoms with Gasteiger partial charge in [-0.15, -0.1) is 0 Å². The van der Waals surface area contributed by atoms with Crippen molar-refractivity contribution < 1.29 is 27.8 Å². The molecule has 1 heterocycles. The Labute approximate surface area is 179 Å². The molecule has 0 aliphatic carbocycles. The first-order chi connectivity index (χ1) is 14.0. The Kier molecular flexibility index (Phi) is 8.06. The van der Waals surface area contributed by atoms with Crippen LogP contribution in [-0.4, -0.2) is 29.9 Å². The largest absolute Gasteiger partial charge is 0.460 e. The Balaban J connectivity index is 2.71. The third kappa shape index (κ3) is 5.62. The Hall–Kier alpha value is -2.35. The van der Waals surface area contributed by atoms with Gasteiger partial charge in [0.2, 0.25) is 0 Å². The van der Waals surface area contributed by atoms with E-state index in [1.54, 1.807) is 65.8 Å². The summed E-state index contributed by atoms with van der Waals surface area (Å²) in [5, 5.41) is 3.05. The lowest BCUT2D eigenvalue weighted by Crippen LogP contribution is -2.34. The molecular formula is C22H27F2NO4S. The van der Waals surface area contributed by atoms with E-state index >= 15 is 0 Å². The normalized spacial score (nSPS) is 15.2. The zero-order valence-electron chi connectivity index (χ0n) is 17.9. The summed E-state index contributed by atoms with van der Waals surface area (Å²) in [5.41, 5.74) is 1.83. The standard InChI is InChI=1S/C22H27F2NO4S/c1-11(2)28-20(26)17-13(5)25-14(6)18(21(27)29-12(3)4)19(17)15-9-7-8-10-16(15)30-22(23)24/h7-12,19,22,25H,1-6H3. The highest BCUT2D eigenvalue weighted by molar-refractivity contribution is 7.99. The van der Waals surface area contributed by atoms with Crippen molar-refractivity contribution in [2.45, 2.75) is 70.3 Å². The van der Waals surface area contributed by atoms with Crippen LogP contribution in [0.3, 0.4) is 0 Å². The molecule has 0 radical (unpaired) electrons. The lowest BCUT2D eigenvalue weighted by Gasteiger charge is -2.32. The van der Waals surface area contributed by atoms with Gasteiger partial charge < -0.3 is 14.8 Å². The molecule has 30 heavy (non-hydrogen) atoms. The lowest BCUT2D eigenvalue weighted by molar-refractivity contribution is -0.143. The van der Waals surface area contributed by atoms with Crippen LogP contribution in [0.4, 0.5) is 8.78 Å². The van der Waals surface area contributed by atoms with Crippen molar-refractivity contribution in [3.8, 4) is 0 Å². The van der Waals surface area contributed by atoms with Crippen molar-refractivity contribution in [3.63, 3.8) is 0 Å². The van der Waals surface area contributed by atoms with Gasteiger partial charge in [0.1, 0.15) is 0 Å². The van der Waals surface area contributed by atoms with Crippen LogP contribution < -0.4 is 5.32 Å². The van der Waals surface area contributed by atoms with Crippen molar-refractivity contribution >= 4 is 23.7 Å². The fourth-order valence-electron chi connectivity index (χ4n) is 3.32. The van der Waals surface area contributed by atoms with Crippen molar-refractivity contribution in [2.75, 3.05) is 0 Å². The monoisotopic (exact) mass is 439 g/mol. The molecule has 0 fully saturated rings. The van der Waals surface area contributed by atoms with Crippen molar-refractivity contribution in [1.29, 1.82) is 0 Å². The van der Waals surface area contributed by atoms with Crippen molar-refractivity contribution in [2.24, 2.45) is 0 Å². The van der Waals surface area contributed by atoms with Crippen LogP contribution in [-0.2, 0) is 19.1 Å². The number of alkyl halides is 2. The van der Waals surface area contributed by atoms with Crippen LogP contribution in [0.25, 0.3) is 0 Å². The number of carbonyl (C=O) groups is 2. The fraction of sp³-hybridized carbons (Fsp3) is 0.455. The number of thioether (sulfide) groups is 1. The summed E-state index contributed by atoms with van der Waals surface area (Å²) in [7, 11) is 0. The van der Waals surface area contributed by atoms with E-state index in [-0.39, 0.29) is 28.2 Å². The van der Waals surface area contributed by atoms with Crippen LogP contribution in [0.5, 0.6) is 0 Å². The van der Waals surface area contributed by atoms with Gasteiger partial charge in [-0.25, -0.2) is 9.59 Å². The number of ether oxygens (including phenoxy) is 2. The average Bonchev–Trinajstić information content (AvgIpc) is 2.59. The third-order valence-corrected chi connectivity index (χ3v) is 5.14. The fourth-order valence-corrected chi connectivity index (χ4v) is 3.99. The highest BCUT2D eigenvalue weighted by Gasteiger charge is 2.39. The molecular weight excluding hydrogens is 412 g/mol. The number of dihydropyridines is 1. The maximum Gasteiger partial charge on any atom is 0.337 e. The highest BCUT2D eigenvalue weighted by Crippen LogP contribution is 2.43. The molecule has 0 amide bonds. The third-order valence-electron chi connectivity index (χ3n) is 4.33. The Morgan fingerprint density at radius 2 is 1.40 bits per heavy atom. The molecule has 8 heteroatoms. The SMILES string of the molecule is CC1=C(C(=O)OC(C)C)C(c2ccccc2SC(F)F)C(C(=O)OC(C)C)=C(C)N1. The lowest BCUT2D eigenvalue weighted by atomic mass is 9.80. The van der Waals surface area contributed by atoms with Gasteiger partial charge in [-0.3, -0.25) is 0 Å². The van der Waals surface area contributed by atoms with Crippen LogP contribution in [0, 0.1) is 0 Å². The van der Waals surface area contributed by atoms with E-state index in [9.17, 15) is 18.4 Å². The molecule has 0 bridgehead atoms. The van der Waals surface area contributed by atoms with Gasteiger partial charge in [-0.1, -0.05) is 30.0 Å². The summed E-state index contributed by atoms with van der Waals surface area (Å²) in [6, 6.07) is 6.53. The summed E-state index contributed by atoms with van der Waals surface area (Å²) < 4.78 is 37.3. The first-order valence-electron chi connectivity index (χ1n) is 9.67. The number of rotatable bonds is 7. The molecule has 0 unspecified atom stereocenters. The average molecular weight is 440 g/mol. The Morgan fingerprint density at radius 1 is 0.933 bits per heavy atom. The van der Waals surface area contributed by atoms with Gasteiger partial charge in [0, 0.05) is 16.3 Å². The number of esters is 2. The maximum atomic E-state index is 13.2. The first-order valence-corrected chi connectivity index (χ1v) is 10.5. The zero-order chi connectivity index (χ0) is 22.6. The molecule has 1 aromatic carbocycles. The Bertz CT molecular complexity index is 834. The van der Waals surface area contributed by atoms with Crippen molar-refractivity contribution in [3.05, 3.63) is 52.4 Å². The van der Waals surface area contributed by atoms with Gasteiger partial charge in [-0.2, -0.15) is 8.78 Å². The van der Waals surface area contributed by atoms with E-state index in [1.807, 2.05) is 0 Å². The van der Waals surface area contributed by atoms with Crippen LogP contribution in [0.1, 0.15) is 53.0 Å². The number of benzene rings is 1. The van der Waals surface area contributed by atoms with Crippen LogP contribution in [0.15, 0.2) is 51.7 Å². The topological polar surface area (TPSA) is 64.6 Å². The molecule has 164 valence electrons. The summed E-state index contributed by atoms with van der Waals surface area (Å²) in [4.78, 5) is 26.2. The molecule has 0 atom stereocenters. The van der Waals surface area contributed by atoms with Crippen molar-refractivity contribution in [1.82, 2.24) is 5.32 Å². The number of carbonyl (C=O) groups excluding carboxylic acids is 2. The van der Waals surface area contributed by atoms with E-state index in [2.05, 4.69) is 5.32 Å². The number of allylic oxidation sites excluding steroid dienone is 2. The molecule has 1 N–H and O–H groups in total. The zero-order valence-corrected chi connectivity index (χ0v) is 18.7. The Morgan fingerprint density at radius 3 is 1.83 bits per heavy atom. The molecule has 0 saturated carbocycles. The highest BCUT2D eigenvalue weighted by atomic mass is 32.2. The van der Waals surface area contributed by atoms with Gasteiger partial charge >= 0.3 is 11.9 Å². The molecule has 1 aliphatic heterocycles. The second-order valence-electron chi connectivity index (χ2n) is 7.46. The quantitative estimate of drug-likeness (QED) is 0.469. The minimum Gasteiger partial charge on any atom is -0.460 e. The van der Waals surface area contributed by atoms with E-state index in [4.69, 9.17) is 9.47 Å². The maximum absolute atomic E-state index is 13.2. The molecule has 1 aliphatic rings. The minimum atomic E-state index is -2.65. The van der Waals surface area contributed by atoms with Gasteiger partial charge in [0.15, 0.2) is 0 Å². The minimum absolute atomic E-state index is 0.201. The van der Waals surface area contributed by atoms with E-state index in [0.29, 0.717) is 28.7 Å². The number of nitrogens with one attached hydrogen (secondary N) is 1. The number of hydrogen-bond acceptors (Lipinski definition) is 6. The number of hydrogen-bond donors (Lipinski definition) is 1. The summed E-state index contributed by atoms with van der Waals surface area (Å²) in [5.74, 6) is -4.77. The van der Waals surface area contributed by atoms with Crippen LogP contribution in [0.2, 0.25) is 0 Å². The predicted octanol–water partition coefficient (Wildman–Crippen LogP) is 5.14. The molecule has 1 aromatic rings. The second-order valence-corrected chi connectivity index (χ2v) is 8.49. The van der Waals surface area contributed by atoms with Gasteiger partial charge in [-0.05, 0) is 53.2 Å². The molecule has 0 saturated heterocycles. The van der Waals surface area contributed by atoms with E-state index in [1.165, 1.54) is 0 Å². The van der Waals surface area contributed by atoms with E-state index in [0.717, 1.165) is 0 Å². The smallest absolute Gasteiger partial charge is 0.337 e. The van der Waals surface area contributed by atoms with Crippen LogP contribution >= 0.6 is 11.8 Å². The molecule has 0 spiro atoms. The molecule has 2 rings (SSSR count). The van der Waals surface area contributed by atoms with Gasteiger partial charge in [0.05, 0.1) is 29.3 Å². The summed E-state index contributed by atoms with van der Waals surface area (Å²) >= 11 is 0.373. The van der Waals surface area contributed by atoms with E-state index < -0.39 is 23.6 Å². The summed E-state index contributed by atoms with van der Waals surface area (Å²) in [6.45, 7) is 10.3. The van der Waals surface area contributed by atoms with Gasteiger partial charge in [0.25, 0.3) is 5.76 Å². The second kappa shape index (κ2) is 10.1. The summed E-state index contributed by atoms with van der Waals surface area (Å²) in [6.07, 6.45) is -0.774. The molecule has 5 nitrogen and oxygen atoms in total. The molecule has 0 aromatic heterocycles. The first kappa shape index (κ1) is 23.9. The predicted molar refractivity (Wildman–Crippen MR) is 112 cm³/mol. The number of halogens is 2.